The number of aromatic nitrogens is 2. The van der Waals surface area contributed by atoms with Gasteiger partial charge in [-0.1, -0.05) is 6.07 Å². The van der Waals surface area contributed by atoms with Gasteiger partial charge in [0, 0.05) is 17.8 Å². The van der Waals surface area contributed by atoms with Crippen LogP contribution in [-0.4, -0.2) is 33.6 Å². The van der Waals surface area contributed by atoms with Crippen molar-refractivity contribution in [2.75, 3.05) is 6.61 Å². The molecule has 2 heterocycles. The van der Waals surface area contributed by atoms with Crippen molar-refractivity contribution in [2.24, 2.45) is 0 Å². The average Bonchev–Trinajstić information content (AvgIpc) is 2.93. The molecule has 1 unspecified atom stereocenters. The monoisotopic (exact) mass is 263 g/mol. The largest absolute Gasteiger partial charge is 0.394 e. The Bertz CT molecular complexity index is 487. The van der Waals surface area contributed by atoms with Crippen molar-refractivity contribution in [2.45, 2.75) is 12.5 Å². The van der Waals surface area contributed by atoms with Gasteiger partial charge in [0.15, 0.2) is 0 Å². The van der Waals surface area contributed by atoms with E-state index >= 15 is 0 Å². The number of nitrogens with one attached hydrogen (secondary N) is 1. The minimum absolute atomic E-state index is 0.120. The molecule has 2 rings (SSSR count). The van der Waals surface area contributed by atoms with Gasteiger partial charge in [0.2, 0.25) is 0 Å². The molecule has 6 heteroatoms. The van der Waals surface area contributed by atoms with E-state index in [4.69, 9.17) is 0 Å². The van der Waals surface area contributed by atoms with Crippen LogP contribution in [0.25, 0.3) is 0 Å². The van der Waals surface area contributed by atoms with E-state index in [0.29, 0.717) is 12.1 Å². The minimum Gasteiger partial charge on any atom is -0.394 e. The molecule has 0 saturated heterocycles. The molecule has 0 radical (unpaired) electrons. The van der Waals surface area contributed by atoms with Crippen molar-refractivity contribution in [3.63, 3.8) is 0 Å². The highest BCUT2D eigenvalue weighted by Gasteiger charge is 2.14. The van der Waals surface area contributed by atoms with Crippen LogP contribution in [0.3, 0.4) is 0 Å². The third-order valence-corrected chi connectivity index (χ3v) is 3.01. The normalized spacial score (nSPS) is 12.1. The Labute approximate surface area is 109 Å². The molecule has 0 spiro atoms. The number of nitrogens with zero attached hydrogens (tertiary/aromatic N) is 2. The molecule has 94 valence electrons. The summed E-state index contributed by atoms with van der Waals surface area (Å²) in [5.41, 5.74) is 2.95. The summed E-state index contributed by atoms with van der Waals surface area (Å²) in [4.78, 5) is 19.7. The summed E-state index contributed by atoms with van der Waals surface area (Å²) in [7, 11) is 0. The number of amides is 1. The SMILES string of the molecule is O=C(NC(CO)Cc1cccnc1)c1cscn1. The van der Waals surface area contributed by atoms with Gasteiger partial charge in [-0.05, 0) is 18.1 Å². The fourth-order valence-corrected chi connectivity index (χ4v) is 2.08. The van der Waals surface area contributed by atoms with Crippen molar-refractivity contribution in [1.82, 2.24) is 15.3 Å². The number of carbonyl (C=O) groups is 1. The van der Waals surface area contributed by atoms with Gasteiger partial charge >= 0.3 is 0 Å². The van der Waals surface area contributed by atoms with Crippen LogP contribution in [0.15, 0.2) is 35.4 Å². The van der Waals surface area contributed by atoms with Gasteiger partial charge in [-0.15, -0.1) is 11.3 Å². The van der Waals surface area contributed by atoms with Gasteiger partial charge < -0.3 is 10.4 Å². The van der Waals surface area contributed by atoms with Crippen molar-refractivity contribution in [3.05, 3.63) is 46.7 Å². The Hall–Kier alpha value is -1.79. The molecule has 1 amide bonds. The molecule has 0 aromatic carbocycles. The zero-order valence-corrected chi connectivity index (χ0v) is 10.4. The molecule has 0 bridgehead atoms. The van der Waals surface area contributed by atoms with Crippen molar-refractivity contribution < 1.29 is 9.90 Å². The lowest BCUT2D eigenvalue weighted by atomic mass is 10.1. The molecule has 2 N–H and O–H groups in total. The van der Waals surface area contributed by atoms with Crippen molar-refractivity contribution >= 4 is 17.2 Å². The lowest BCUT2D eigenvalue weighted by molar-refractivity contribution is 0.0912. The highest BCUT2D eigenvalue weighted by atomic mass is 32.1. The van der Waals surface area contributed by atoms with Crippen molar-refractivity contribution in [1.29, 1.82) is 0 Å². The molecule has 0 aliphatic rings. The van der Waals surface area contributed by atoms with Gasteiger partial charge in [-0.2, -0.15) is 0 Å². The Kier molecular flexibility index (Phi) is 4.38. The standard InChI is InChI=1S/C12H13N3O2S/c16-6-10(4-9-2-1-3-13-5-9)15-12(17)11-7-18-8-14-11/h1-3,5,7-8,10,16H,4,6H2,(H,15,17). The summed E-state index contributed by atoms with van der Waals surface area (Å²) in [6.07, 6.45) is 3.95. The Morgan fingerprint density at radius 1 is 1.56 bits per heavy atom. The summed E-state index contributed by atoms with van der Waals surface area (Å²) >= 11 is 1.36. The number of aliphatic hydroxyl groups excluding tert-OH is 1. The van der Waals surface area contributed by atoms with E-state index in [2.05, 4.69) is 15.3 Å². The molecule has 2 aromatic heterocycles. The number of aliphatic hydroxyl groups is 1. The predicted octanol–water partition coefficient (Wildman–Crippen LogP) is 0.871. The van der Waals surface area contributed by atoms with E-state index in [0.717, 1.165) is 5.56 Å². The zero-order chi connectivity index (χ0) is 12.8. The molecular formula is C12H13N3O2S. The van der Waals surface area contributed by atoms with E-state index in [1.165, 1.54) is 11.3 Å². The molecule has 18 heavy (non-hydrogen) atoms. The zero-order valence-electron chi connectivity index (χ0n) is 9.61. The topological polar surface area (TPSA) is 75.1 Å². The Morgan fingerprint density at radius 2 is 2.44 bits per heavy atom. The minimum atomic E-state index is -0.330. The van der Waals surface area contributed by atoms with Gasteiger partial charge in [0.25, 0.3) is 5.91 Å². The number of thiazole rings is 1. The smallest absolute Gasteiger partial charge is 0.271 e. The van der Waals surface area contributed by atoms with E-state index < -0.39 is 0 Å². The maximum absolute atomic E-state index is 11.8. The van der Waals surface area contributed by atoms with Crippen LogP contribution >= 0.6 is 11.3 Å². The summed E-state index contributed by atoms with van der Waals surface area (Å²) in [5, 5.41) is 13.7. The lowest BCUT2D eigenvalue weighted by Crippen LogP contribution is -2.39. The van der Waals surface area contributed by atoms with Crippen LogP contribution in [0.5, 0.6) is 0 Å². The molecule has 0 aliphatic heterocycles. The second kappa shape index (κ2) is 6.23. The van der Waals surface area contributed by atoms with E-state index in [9.17, 15) is 9.90 Å². The fraction of sp³-hybridized carbons (Fsp3) is 0.250. The second-order valence-corrected chi connectivity index (χ2v) is 4.51. The highest BCUT2D eigenvalue weighted by molar-refractivity contribution is 7.07. The first-order chi connectivity index (χ1) is 8.79. The van der Waals surface area contributed by atoms with Crippen LogP contribution in [0.4, 0.5) is 0 Å². The first-order valence-electron chi connectivity index (χ1n) is 5.48. The summed E-state index contributed by atoms with van der Waals surface area (Å²) in [6, 6.07) is 3.40. The highest BCUT2D eigenvalue weighted by Crippen LogP contribution is 2.04. The van der Waals surface area contributed by atoms with Crippen LogP contribution in [0.1, 0.15) is 16.1 Å². The molecule has 0 saturated carbocycles. The molecule has 5 nitrogen and oxygen atoms in total. The third-order valence-electron chi connectivity index (χ3n) is 2.43. The lowest BCUT2D eigenvalue weighted by Gasteiger charge is -2.15. The van der Waals surface area contributed by atoms with Crippen LogP contribution in [0, 0.1) is 0 Å². The first-order valence-corrected chi connectivity index (χ1v) is 6.42. The van der Waals surface area contributed by atoms with Gasteiger partial charge in [0.05, 0.1) is 18.2 Å². The number of rotatable bonds is 5. The maximum Gasteiger partial charge on any atom is 0.271 e. The summed E-state index contributed by atoms with van der Waals surface area (Å²) < 4.78 is 0. The first kappa shape index (κ1) is 12.7. The summed E-state index contributed by atoms with van der Waals surface area (Å²) in [5.74, 6) is -0.265. The molecular weight excluding hydrogens is 250 g/mol. The van der Waals surface area contributed by atoms with Gasteiger partial charge in [0.1, 0.15) is 5.69 Å². The fourth-order valence-electron chi connectivity index (χ4n) is 1.55. The van der Waals surface area contributed by atoms with Crippen molar-refractivity contribution in [3.8, 4) is 0 Å². The quantitative estimate of drug-likeness (QED) is 0.839. The predicted molar refractivity (Wildman–Crippen MR) is 68.4 cm³/mol. The molecule has 1 atom stereocenters. The van der Waals surface area contributed by atoms with Crippen LogP contribution < -0.4 is 5.32 Å². The molecule has 0 fully saturated rings. The van der Waals surface area contributed by atoms with E-state index in [1.54, 1.807) is 23.3 Å². The average molecular weight is 263 g/mol. The van der Waals surface area contributed by atoms with E-state index in [-0.39, 0.29) is 18.6 Å². The molecule has 0 aliphatic carbocycles. The number of hydrogen-bond acceptors (Lipinski definition) is 5. The Morgan fingerprint density at radius 3 is 3.06 bits per heavy atom. The van der Waals surface area contributed by atoms with Crippen LogP contribution in [-0.2, 0) is 6.42 Å². The van der Waals surface area contributed by atoms with E-state index in [1.807, 2.05) is 12.1 Å². The number of pyridine rings is 1. The number of carbonyl (C=O) groups excluding carboxylic acids is 1. The van der Waals surface area contributed by atoms with Crippen LogP contribution in [0.2, 0.25) is 0 Å². The summed E-state index contributed by atoms with van der Waals surface area (Å²) in [6.45, 7) is -0.120. The number of hydrogen-bond donors (Lipinski definition) is 2. The van der Waals surface area contributed by atoms with Gasteiger partial charge in [-0.3, -0.25) is 9.78 Å². The second-order valence-electron chi connectivity index (χ2n) is 3.79. The third kappa shape index (κ3) is 3.35. The maximum atomic E-state index is 11.8. The Balaban J connectivity index is 1.96. The van der Waals surface area contributed by atoms with Gasteiger partial charge in [-0.25, -0.2) is 4.98 Å². The molecule has 2 aromatic rings.